The standard InChI is InChI=1S/C13H24N2O4/c1-4-13(3,11(16)17)9-14-12(18)15-6-5-7-19-10(2)8-15/h10H,4-9H2,1-3H3,(H,14,18)(H,16,17). The van der Waals surface area contributed by atoms with Crippen LogP contribution in [0.5, 0.6) is 0 Å². The van der Waals surface area contributed by atoms with Gasteiger partial charge in [-0.2, -0.15) is 0 Å². The van der Waals surface area contributed by atoms with Crippen LogP contribution >= 0.6 is 0 Å². The molecule has 1 rings (SSSR count). The number of carboxylic acids is 1. The van der Waals surface area contributed by atoms with E-state index in [1.807, 2.05) is 13.8 Å². The quantitative estimate of drug-likeness (QED) is 0.808. The minimum absolute atomic E-state index is 0.0188. The number of urea groups is 1. The van der Waals surface area contributed by atoms with E-state index in [4.69, 9.17) is 9.84 Å². The van der Waals surface area contributed by atoms with Crippen molar-refractivity contribution in [1.82, 2.24) is 10.2 Å². The second-order valence-corrected chi connectivity index (χ2v) is 5.36. The summed E-state index contributed by atoms with van der Waals surface area (Å²) in [4.78, 5) is 24.9. The summed E-state index contributed by atoms with van der Waals surface area (Å²) in [5.41, 5.74) is -0.913. The third-order valence-corrected chi connectivity index (χ3v) is 3.67. The van der Waals surface area contributed by atoms with E-state index in [2.05, 4.69) is 5.32 Å². The monoisotopic (exact) mass is 272 g/mol. The van der Waals surface area contributed by atoms with Crippen molar-refractivity contribution >= 4 is 12.0 Å². The van der Waals surface area contributed by atoms with Gasteiger partial charge in [-0.1, -0.05) is 6.92 Å². The summed E-state index contributed by atoms with van der Waals surface area (Å²) < 4.78 is 5.47. The molecular weight excluding hydrogens is 248 g/mol. The zero-order chi connectivity index (χ0) is 14.5. The number of ether oxygens (including phenoxy) is 1. The number of nitrogens with zero attached hydrogens (tertiary/aromatic N) is 1. The SMILES string of the molecule is CCC(C)(CNC(=O)N1CCCOC(C)C1)C(=O)O. The molecule has 0 aromatic heterocycles. The van der Waals surface area contributed by atoms with Gasteiger partial charge in [0.15, 0.2) is 0 Å². The average Bonchev–Trinajstić information content (AvgIpc) is 2.60. The number of nitrogens with one attached hydrogen (secondary N) is 1. The number of amides is 2. The van der Waals surface area contributed by atoms with Crippen molar-refractivity contribution in [3.8, 4) is 0 Å². The Kier molecular flexibility index (Phi) is 5.60. The molecular formula is C13H24N2O4. The Bertz CT molecular complexity index is 335. The molecule has 1 aliphatic heterocycles. The molecule has 1 fully saturated rings. The summed E-state index contributed by atoms with van der Waals surface area (Å²) in [6.07, 6.45) is 1.30. The Hall–Kier alpha value is -1.30. The van der Waals surface area contributed by atoms with E-state index in [0.717, 1.165) is 6.42 Å². The topological polar surface area (TPSA) is 78.9 Å². The Morgan fingerprint density at radius 1 is 1.53 bits per heavy atom. The average molecular weight is 272 g/mol. The van der Waals surface area contributed by atoms with Crippen LogP contribution in [-0.2, 0) is 9.53 Å². The van der Waals surface area contributed by atoms with Crippen LogP contribution in [0.2, 0.25) is 0 Å². The second-order valence-electron chi connectivity index (χ2n) is 5.36. The minimum atomic E-state index is -0.913. The van der Waals surface area contributed by atoms with Crippen LogP contribution in [0.1, 0.15) is 33.6 Å². The lowest BCUT2D eigenvalue weighted by Gasteiger charge is -2.27. The molecule has 110 valence electrons. The van der Waals surface area contributed by atoms with Gasteiger partial charge in [0, 0.05) is 26.2 Å². The van der Waals surface area contributed by atoms with Crippen LogP contribution in [-0.4, -0.2) is 54.4 Å². The molecule has 2 atom stereocenters. The summed E-state index contributed by atoms with van der Waals surface area (Å²) >= 11 is 0. The Morgan fingerprint density at radius 2 is 2.21 bits per heavy atom. The molecule has 0 radical (unpaired) electrons. The maximum absolute atomic E-state index is 12.0. The molecule has 2 unspecified atom stereocenters. The van der Waals surface area contributed by atoms with Gasteiger partial charge in [0.05, 0.1) is 11.5 Å². The number of rotatable bonds is 4. The van der Waals surface area contributed by atoms with Gasteiger partial charge >= 0.3 is 12.0 Å². The molecule has 0 spiro atoms. The molecule has 0 aromatic carbocycles. The predicted octanol–water partition coefficient (Wildman–Crippen LogP) is 1.31. The molecule has 0 bridgehead atoms. The van der Waals surface area contributed by atoms with Gasteiger partial charge in [-0.3, -0.25) is 4.79 Å². The highest BCUT2D eigenvalue weighted by Gasteiger charge is 2.32. The molecule has 0 saturated carbocycles. The van der Waals surface area contributed by atoms with Crippen LogP contribution in [0.3, 0.4) is 0 Å². The number of carbonyl (C=O) groups is 2. The molecule has 1 aliphatic rings. The first kappa shape index (κ1) is 15.8. The molecule has 2 N–H and O–H groups in total. The van der Waals surface area contributed by atoms with Crippen molar-refractivity contribution in [2.75, 3.05) is 26.2 Å². The van der Waals surface area contributed by atoms with Crippen LogP contribution < -0.4 is 5.32 Å². The van der Waals surface area contributed by atoms with Crippen LogP contribution in [0.4, 0.5) is 4.79 Å². The first-order valence-corrected chi connectivity index (χ1v) is 6.77. The highest BCUT2D eigenvalue weighted by atomic mass is 16.5. The fourth-order valence-corrected chi connectivity index (χ4v) is 1.91. The van der Waals surface area contributed by atoms with Gasteiger partial charge in [0.2, 0.25) is 0 Å². The molecule has 1 heterocycles. The predicted molar refractivity (Wildman–Crippen MR) is 71.0 cm³/mol. The Morgan fingerprint density at radius 3 is 2.79 bits per heavy atom. The maximum atomic E-state index is 12.0. The summed E-state index contributed by atoms with van der Waals surface area (Å²) in [6, 6.07) is -0.210. The normalized spacial score (nSPS) is 23.3. The van der Waals surface area contributed by atoms with Gasteiger partial charge in [0.1, 0.15) is 0 Å². The highest BCUT2D eigenvalue weighted by molar-refractivity contribution is 5.77. The number of carboxylic acid groups (broad SMARTS) is 1. The molecule has 1 saturated heterocycles. The van der Waals surface area contributed by atoms with E-state index in [-0.39, 0.29) is 18.7 Å². The Balaban J connectivity index is 2.52. The first-order chi connectivity index (χ1) is 8.89. The Labute approximate surface area is 114 Å². The van der Waals surface area contributed by atoms with Crippen molar-refractivity contribution in [2.45, 2.75) is 39.7 Å². The largest absolute Gasteiger partial charge is 0.481 e. The van der Waals surface area contributed by atoms with E-state index < -0.39 is 11.4 Å². The third kappa shape index (κ3) is 4.38. The van der Waals surface area contributed by atoms with Crippen LogP contribution in [0.15, 0.2) is 0 Å². The number of hydrogen-bond acceptors (Lipinski definition) is 3. The lowest BCUT2D eigenvalue weighted by atomic mass is 9.88. The van der Waals surface area contributed by atoms with Crippen molar-refractivity contribution < 1.29 is 19.4 Å². The van der Waals surface area contributed by atoms with E-state index in [1.165, 1.54) is 0 Å². The van der Waals surface area contributed by atoms with E-state index >= 15 is 0 Å². The van der Waals surface area contributed by atoms with Gasteiger partial charge in [-0.25, -0.2) is 4.79 Å². The van der Waals surface area contributed by atoms with Gasteiger partial charge < -0.3 is 20.1 Å². The van der Waals surface area contributed by atoms with Crippen molar-refractivity contribution in [1.29, 1.82) is 0 Å². The van der Waals surface area contributed by atoms with E-state index in [9.17, 15) is 9.59 Å². The summed E-state index contributed by atoms with van der Waals surface area (Å²) in [5, 5.41) is 11.9. The summed E-state index contributed by atoms with van der Waals surface area (Å²) in [6.45, 7) is 7.37. The maximum Gasteiger partial charge on any atom is 0.317 e. The summed E-state index contributed by atoms with van der Waals surface area (Å²) in [5.74, 6) is -0.886. The highest BCUT2D eigenvalue weighted by Crippen LogP contribution is 2.20. The van der Waals surface area contributed by atoms with E-state index in [1.54, 1.807) is 11.8 Å². The first-order valence-electron chi connectivity index (χ1n) is 6.77. The van der Waals surface area contributed by atoms with Gasteiger partial charge in [-0.15, -0.1) is 0 Å². The van der Waals surface area contributed by atoms with Crippen LogP contribution in [0, 0.1) is 5.41 Å². The fraction of sp³-hybridized carbons (Fsp3) is 0.846. The zero-order valence-electron chi connectivity index (χ0n) is 11.9. The van der Waals surface area contributed by atoms with Gasteiger partial charge in [-0.05, 0) is 26.7 Å². The molecule has 6 nitrogen and oxygen atoms in total. The second kappa shape index (κ2) is 6.75. The number of carbonyl (C=O) groups excluding carboxylic acids is 1. The van der Waals surface area contributed by atoms with Crippen LogP contribution in [0.25, 0.3) is 0 Å². The lowest BCUT2D eigenvalue weighted by Crippen LogP contribution is -2.47. The van der Waals surface area contributed by atoms with Crippen molar-refractivity contribution in [3.63, 3.8) is 0 Å². The zero-order valence-corrected chi connectivity index (χ0v) is 11.9. The third-order valence-electron chi connectivity index (χ3n) is 3.67. The lowest BCUT2D eigenvalue weighted by molar-refractivity contribution is -0.147. The van der Waals surface area contributed by atoms with Crippen molar-refractivity contribution in [3.05, 3.63) is 0 Å². The minimum Gasteiger partial charge on any atom is -0.481 e. The smallest absolute Gasteiger partial charge is 0.317 e. The molecule has 0 aromatic rings. The number of hydrogen-bond donors (Lipinski definition) is 2. The summed E-state index contributed by atoms with van der Waals surface area (Å²) in [7, 11) is 0. The molecule has 2 amide bonds. The number of aliphatic carboxylic acids is 1. The van der Waals surface area contributed by atoms with Crippen molar-refractivity contribution in [2.24, 2.45) is 5.41 Å². The molecule has 6 heteroatoms. The van der Waals surface area contributed by atoms with E-state index in [0.29, 0.717) is 26.1 Å². The molecule has 0 aliphatic carbocycles. The molecule has 19 heavy (non-hydrogen) atoms. The fourth-order valence-electron chi connectivity index (χ4n) is 1.91. The van der Waals surface area contributed by atoms with Gasteiger partial charge in [0.25, 0.3) is 0 Å².